The second kappa shape index (κ2) is 12.1. The fraction of sp³-hybridized carbons (Fsp3) is 0.167. The van der Waals surface area contributed by atoms with Gasteiger partial charge in [-0.3, -0.25) is 0 Å². The summed E-state index contributed by atoms with van der Waals surface area (Å²) in [6.45, 7) is 0. The number of aromatic nitrogens is 2. The van der Waals surface area contributed by atoms with Crippen molar-refractivity contribution in [2.45, 2.75) is 43.9 Å². The lowest BCUT2D eigenvalue weighted by atomic mass is 9.47. The molecule has 3 saturated carbocycles. The lowest BCUT2D eigenvalue weighted by Gasteiger charge is -2.57. The fourth-order valence-electron chi connectivity index (χ4n) is 14.1. The van der Waals surface area contributed by atoms with Crippen LogP contribution >= 0.6 is 0 Å². The molecular formula is C60H44N2. The maximum absolute atomic E-state index is 2.62. The van der Waals surface area contributed by atoms with Gasteiger partial charge >= 0.3 is 0 Å². The zero-order valence-corrected chi connectivity index (χ0v) is 34.6. The van der Waals surface area contributed by atoms with E-state index in [1.165, 1.54) is 131 Å². The summed E-state index contributed by atoms with van der Waals surface area (Å²) in [5.41, 5.74) is 16.6. The Balaban J connectivity index is 0.874. The average Bonchev–Trinajstić information content (AvgIpc) is 3.90. The fourth-order valence-corrected chi connectivity index (χ4v) is 14.1. The van der Waals surface area contributed by atoms with Crippen molar-refractivity contribution in [3.8, 4) is 33.6 Å². The molecule has 62 heavy (non-hydrogen) atoms. The van der Waals surface area contributed by atoms with Gasteiger partial charge in [0.25, 0.3) is 0 Å². The molecule has 2 aromatic heterocycles. The van der Waals surface area contributed by atoms with Crippen LogP contribution in [0.3, 0.4) is 0 Å². The van der Waals surface area contributed by atoms with E-state index in [2.05, 4.69) is 191 Å². The molecule has 5 unspecified atom stereocenters. The van der Waals surface area contributed by atoms with E-state index in [-0.39, 0.29) is 0 Å². The standard InChI is InChI=1S/C60H44N2/c1-2-10-45-37(9-1)17-18-40-29-43(21-23-47(40)45)61-56-15-7-5-13-50(56)53-30-38(19-25-58(53)61)39-20-26-59-54(31-39)51-14-6-8-16-57(51)62(59)44-22-24-49-48-12-4-3-11-46(48)41-27-36-28-42-32-55(52(49)33-44)60(42,34-36)35-41/h1-26,29-31,33,36,41-42,55H,27-28,32,34-35H2. The number of benzene rings is 9. The molecule has 3 bridgehead atoms. The number of para-hydroxylation sites is 2. The zero-order chi connectivity index (χ0) is 40.3. The summed E-state index contributed by atoms with van der Waals surface area (Å²) < 4.78 is 5.00. The van der Waals surface area contributed by atoms with Crippen LogP contribution in [0.25, 0.3) is 98.8 Å². The number of hydrogen-bond acceptors (Lipinski definition) is 0. The minimum Gasteiger partial charge on any atom is -0.309 e. The van der Waals surface area contributed by atoms with Gasteiger partial charge in [-0.2, -0.15) is 0 Å². The topological polar surface area (TPSA) is 9.86 Å². The molecule has 0 radical (unpaired) electrons. The number of rotatable bonds is 3. The van der Waals surface area contributed by atoms with Gasteiger partial charge in [0.05, 0.1) is 22.1 Å². The molecule has 0 amide bonds. The van der Waals surface area contributed by atoms with Gasteiger partial charge in [-0.25, -0.2) is 0 Å². The first-order valence-corrected chi connectivity index (χ1v) is 22.9. The predicted molar refractivity (Wildman–Crippen MR) is 259 cm³/mol. The van der Waals surface area contributed by atoms with Crippen LogP contribution in [0.1, 0.15) is 55.1 Å². The molecule has 1 spiro atoms. The highest BCUT2D eigenvalue weighted by Gasteiger charge is 2.63. The summed E-state index contributed by atoms with van der Waals surface area (Å²) >= 11 is 0. The molecule has 11 aromatic rings. The first kappa shape index (κ1) is 33.8. The second-order valence-corrected chi connectivity index (χ2v) is 19.4. The van der Waals surface area contributed by atoms with Crippen LogP contribution in [-0.2, 0) is 0 Å². The Morgan fingerprint density at radius 1 is 0.387 bits per heavy atom. The molecule has 0 saturated heterocycles. The van der Waals surface area contributed by atoms with Crippen LogP contribution < -0.4 is 0 Å². The van der Waals surface area contributed by atoms with Crippen LogP contribution in [0.2, 0.25) is 0 Å². The van der Waals surface area contributed by atoms with E-state index < -0.39 is 0 Å². The van der Waals surface area contributed by atoms with Gasteiger partial charge in [0.15, 0.2) is 0 Å². The molecule has 9 aromatic carbocycles. The van der Waals surface area contributed by atoms with Crippen LogP contribution in [0, 0.1) is 17.3 Å². The Morgan fingerprint density at radius 2 is 0.984 bits per heavy atom. The number of hydrogen-bond donors (Lipinski definition) is 0. The molecule has 2 heterocycles. The van der Waals surface area contributed by atoms with Crippen molar-refractivity contribution < 1.29 is 0 Å². The van der Waals surface area contributed by atoms with Crippen LogP contribution in [0.5, 0.6) is 0 Å². The van der Waals surface area contributed by atoms with Crippen molar-refractivity contribution in [3.63, 3.8) is 0 Å². The van der Waals surface area contributed by atoms with Crippen LogP contribution in [0.15, 0.2) is 182 Å². The highest BCUT2D eigenvalue weighted by Crippen LogP contribution is 2.75. The van der Waals surface area contributed by atoms with E-state index in [0.29, 0.717) is 17.3 Å². The molecule has 0 aliphatic heterocycles. The van der Waals surface area contributed by atoms with Gasteiger partial charge in [0.2, 0.25) is 0 Å². The van der Waals surface area contributed by atoms with Crippen molar-refractivity contribution >= 4 is 65.2 Å². The lowest BCUT2D eigenvalue weighted by molar-refractivity contribution is -0.000409. The molecule has 15 rings (SSSR count). The Hall–Kier alpha value is -6.90. The third kappa shape index (κ3) is 4.44. The quantitative estimate of drug-likeness (QED) is 0.158. The minimum absolute atomic E-state index is 0.489. The van der Waals surface area contributed by atoms with Gasteiger partial charge < -0.3 is 9.13 Å². The molecule has 294 valence electrons. The smallest absolute Gasteiger partial charge is 0.0541 e. The van der Waals surface area contributed by atoms with Crippen LogP contribution in [0.4, 0.5) is 0 Å². The van der Waals surface area contributed by atoms with Gasteiger partial charge in [-0.15, -0.1) is 0 Å². The van der Waals surface area contributed by atoms with Gasteiger partial charge in [-0.05, 0) is 177 Å². The molecule has 3 fully saturated rings. The molecule has 5 atom stereocenters. The first-order valence-electron chi connectivity index (χ1n) is 22.9. The summed E-state index contributed by atoms with van der Waals surface area (Å²) in [5, 5.41) is 10.3. The molecular weight excluding hydrogens is 749 g/mol. The van der Waals surface area contributed by atoms with Crippen molar-refractivity contribution in [3.05, 3.63) is 193 Å². The lowest BCUT2D eigenvalue weighted by Crippen LogP contribution is -2.46. The highest BCUT2D eigenvalue weighted by atomic mass is 15.0. The number of fused-ring (bicyclic) bond motifs is 16. The second-order valence-electron chi connectivity index (χ2n) is 19.4. The number of nitrogens with zero attached hydrogens (tertiary/aromatic N) is 2. The summed E-state index contributed by atoms with van der Waals surface area (Å²) in [5.74, 6) is 3.18. The Bertz CT molecular complexity index is 3730. The highest BCUT2D eigenvalue weighted by molar-refractivity contribution is 6.13. The van der Waals surface area contributed by atoms with E-state index in [4.69, 9.17) is 0 Å². The summed E-state index contributed by atoms with van der Waals surface area (Å²) in [6.07, 6.45) is 7.03. The van der Waals surface area contributed by atoms with E-state index >= 15 is 0 Å². The molecule has 0 N–H and O–H groups in total. The predicted octanol–water partition coefficient (Wildman–Crippen LogP) is 15.9. The molecule has 4 aliphatic rings. The third-order valence-electron chi connectivity index (χ3n) is 16.6. The largest absolute Gasteiger partial charge is 0.309 e. The molecule has 2 nitrogen and oxygen atoms in total. The zero-order valence-electron chi connectivity index (χ0n) is 34.6. The summed E-state index contributed by atoms with van der Waals surface area (Å²) in [4.78, 5) is 0. The summed E-state index contributed by atoms with van der Waals surface area (Å²) in [7, 11) is 0. The summed E-state index contributed by atoms with van der Waals surface area (Å²) in [6, 6.07) is 69.3. The first-order chi connectivity index (χ1) is 30.7. The van der Waals surface area contributed by atoms with Gasteiger partial charge in [-0.1, -0.05) is 121 Å². The van der Waals surface area contributed by atoms with E-state index in [1.807, 2.05) is 0 Å². The Labute approximate surface area is 360 Å². The van der Waals surface area contributed by atoms with Crippen molar-refractivity contribution in [2.75, 3.05) is 0 Å². The van der Waals surface area contributed by atoms with E-state index in [0.717, 1.165) is 11.8 Å². The maximum atomic E-state index is 2.62. The SMILES string of the molecule is c1ccc2c(c1)-c1ccc(-n3c4ccccc4c4cc(-c5ccc6c(c5)c5ccccc5n6-c5ccc6c(ccc7ccccc76)c5)ccc43)cc1C1CC3CC4CC2CC31C4. The Kier molecular flexibility index (Phi) is 6.61. The molecule has 4 aliphatic carbocycles. The van der Waals surface area contributed by atoms with E-state index in [9.17, 15) is 0 Å². The van der Waals surface area contributed by atoms with Crippen molar-refractivity contribution in [1.82, 2.24) is 9.13 Å². The van der Waals surface area contributed by atoms with Gasteiger partial charge in [0, 0.05) is 32.9 Å². The Morgan fingerprint density at radius 3 is 1.76 bits per heavy atom. The molecule has 2 heteroatoms. The van der Waals surface area contributed by atoms with E-state index in [1.54, 1.807) is 11.1 Å². The third-order valence-corrected chi connectivity index (χ3v) is 16.6. The average molecular weight is 793 g/mol. The van der Waals surface area contributed by atoms with Crippen molar-refractivity contribution in [1.29, 1.82) is 0 Å². The maximum Gasteiger partial charge on any atom is 0.0541 e. The van der Waals surface area contributed by atoms with Gasteiger partial charge in [0.1, 0.15) is 0 Å². The monoisotopic (exact) mass is 792 g/mol. The van der Waals surface area contributed by atoms with Crippen LogP contribution in [-0.4, -0.2) is 9.13 Å². The van der Waals surface area contributed by atoms with Crippen molar-refractivity contribution in [2.24, 2.45) is 17.3 Å². The normalized spacial score (nSPS) is 22.3. The minimum atomic E-state index is 0.489.